The summed E-state index contributed by atoms with van der Waals surface area (Å²) in [5.41, 5.74) is 1.99. The minimum atomic E-state index is -4.34. The van der Waals surface area contributed by atoms with Gasteiger partial charge in [0, 0.05) is 84.3 Å². The van der Waals surface area contributed by atoms with Gasteiger partial charge in [0.25, 0.3) is 0 Å². The van der Waals surface area contributed by atoms with Crippen molar-refractivity contribution in [1.29, 1.82) is 5.41 Å². The first-order valence-electron chi connectivity index (χ1n) is 13.5. The van der Waals surface area contributed by atoms with Crippen LogP contribution >= 0.6 is 0 Å². The van der Waals surface area contributed by atoms with Gasteiger partial charge in [-0.1, -0.05) is 18.2 Å². The third-order valence-corrected chi connectivity index (χ3v) is 6.89. The van der Waals surface area contributed by atoms with Crippen molar-refractivity contribution in [3.63, 3.8) is 0 Å². The zero-order valence-electron chi connectivity index (χ0n) is 23.1. The molecule has 1 atom stereocenters. The highest BCUT2D eigenvalue weighted by atomic mass is 19.4. The van der Waals surface area contributed by atoms with Crippen LogP contribution in [-0.2, 0) is 6.54 Å². The number of anilines is 3. The molecular weight excluding hydrogens is 569 g/mol. The predicted octanol–water partition coefficient (Wildman–Crippen LogP) is 5.96. The number of aromatic nitrogens is 3. The Balaban J connectivity index is 1.40. The number of para-hydroxylation sites is 1. The van der Waals surface area contributed by atoms with Gasteiger partial charge in [0.15, 0.2) is 5.82 Å². The van der Waals surface area contributed by atoms with Crippen LogP contribution in [0.5, 0.6) is 5.75 Å². The van der Waals surface area contributed by atoms with E-state index in [9.17, 15) is 22.0 Å². The van der Waals surface area contributed by atoms with Crippen molar-refractivity contribution in [2.75, 3.05) is 36.5 Å². The molecule has 0 fully saturated rings. The molecule has 0 bridgehead atoms. The molecule has 3 N–H and O–H groups in total. The lowest BCUT2D eigenvalue weighted by Gasteiger charge is -2.19. The van der Waals surface area contributed by atoms with E-state index in [2.05, 4.69) is 25.6 Å². The molecule has 1 aliphatic rings. The second kappa shape index (κ2) is 12.7. The van der Waals surface area contributed by atoms with Crippen molar-refractivity contribution in [3.05, 3.63) is 101 Å². The normalized spacial score (nSPS) is 14.5. The van der Waals surface area contributed by atoms with Crippen LogP contribution in [0.1, 0.15) is 35.4 Å². The summed E-state index contributed by atoms with van der Waals surface area (Å²) in [5, 5.41) is 14.4. The average Bonchev–Trinajstić information content (AvgIpc) is 3.34. The van der Waals surface area contributed by atoms with E-state index in [-0.39, 0.29) is 48.5 Å². The van der Waals surface area contributed by atoms with Gasteiger partial charge in [-0.25, -0.2) is 18.7 Å². The highest BCUT2D eigenvalue weighted by Crippen LogP contribution is 2.39. The number of hydrogen-bond acceptors (Lipinski definition) is 8. The largest absolute Gasteiger partial charge is 0.494 e. The van der Waals surface area contributed by atoms with Crippen LogP contribution in [0.4, 0.5) is 39.1 Å². The third-order valence-electron chi connectivity index (χ3n) is 6.89. The number of nitrogens with zero attached hydrogens (tertiary/aromatic N) is 4. The highest BCUT2D eigenvalue weighted by molar-refractivity contribution is 6.12. The van der Waals surface area contributed by atoms with Crippen LogP contribution in [0, 0.1) is 17.0 Å². The summed E-state index contributed by atoms with van der Waals surface area (Å²) in [6.45, 7) is 1.08. The molecule has 2 aromatic heterocycles. The molecule has 0 amide bonds. The lowest BCUT2D eigenvalue weighted by atomic mass is 10.0. The van der Waals surface area contributed by atoms with Gasteiger partial charge >= 0.3 is 6.18 Å². The molecule has 0 radical (unpaired) electrons. The standard InChI is InChI=1S/C30H28F5N7O/c1-2-43-20-11-24(31)23(25(32)12-20)15-39-26-6-4-3-5-21(26)27(36)28-40-14-22-18(13-38-17-30(33,34)35)16-42(29(22)41-28)19-7-9-37-10-8-19/h3-12,14,18,36,38-39H,2,13,15-17H2,1H3/t18-/m1/s1. The fraction of sp³-hybridized carbons (Fsp3) is 0.267. The molecule has 0 saturated carbocycles. The molecule has 5 rings (SSSR count). The van der Waals surface area contributed by atoms with Crippen LogP contribution in [0.2, 0.25) is 0 Å². The van der Waals surface area contributed by atoms with Gasteiger partial charge in [0.1, 0.15) is 28.9 Å². The number of alkyl halides is 3. The number of pyridine rings is 1. The summed E-state index contributed by atoms with van der Waals surface area (Å²) < 4.78 is 72.8. The predicted molar refractivity (Wildman–Crippen MR) is 152 cm³/mol. The Morgan fingerprint density at radius 3 is 2.51 bits per heavy atom. The second-order valence-electron chi connectivity index (χ2n) is 9.80. The molecule has 4 aromatic rings. The number of hydrogen-bond donors (Lipinski definition) is 3. The van der Waals surface area contributed by atoms with Crippen molar-refractivity contribution in [3.8, 4) is 5.75 Å². The fourth-order valence-electron chi connectivity index (χ4n) is 4.88. The zero-order valence-corrected chi connectivity index (χ0v) is 23.1. The summed E-state index contributed by atoms with van der Waals surface area (Å²) in [6, 6.07) is 12.5. The zero-order chi connectivity index (χ0) is 30.6. The number of rotatable bonds is 11. The van der Waals surface area contributed by atoms with E-state index in [0.717, 1.165) is 17.8 Å². The first kappa shape index (κ1) is 29.8. The van der Waals surface area contributed by atoms with Gasteiger partial charge in [0.2, 0.25) is 0 Å². The number of halogens is 5. The molecular formula is C30H28F5N7O. The number of ether oxygens (including phenoxy) is 1. The number of nitrogens with one attached hydrogen (secondary N) is 3. The Morgan fingerprint density at radius 2 is 1.81 bits per heavy atom. The van der Waals surface area contributed by atoms with Crippen LogP contribution < -0.4 is 20.3 Å². The second-order valence-corrected chi connectivity index (χ2v) is 9.80. The highest BCUT2D eigenvalue weighted by Gasteiger charge is 2.34. The lowest BCUT2D eigenvalue weighted by Crippen LogP contribution is -2.33. The Hall–Kier alpha value is -4.65. The van der Waals surface area contributed by atoms with E-state index < -0.39 is 24.4 Å². The Kier molecular flexibility index (Phi) is 8.81. The summed E-state index contributed by atoms with van der Waals surface area (Å²) >= 11 is 0. The Bertz CT molecular complexity index is 1580. The third kappa shape index (κ3) is 6.88. The molecule has 3 heterocycles. The van der Waals surface area contributed by atoms with Crippen molar-refractivity contribution < 1.29 is 26.7 Å². The molecule has 0 unspecified atom stereocenters. The van der Waals surface area contributed by atoms with Gasteiger partial charge in [-0.2, -0.15) is 13.2 Å². The number of benzene rings is 2. The van der Waals surface area contributed by atoms with E-state index in [1.807, 2.05) is 4.90 Å². The Morgan fingerprint density at radius 1 is 1.09 bits per heavy atom. The quantitative estimate of drug-likeness (QED) is 0.145. The molecule has 0 saturated heterocycles. The maximum atomic E-state index is 14.6. The van der Waals surface area contributed by atoms with Gasteiger partial charge < -0.3 is 20.3 Å². The molecule has 43 heavy (non-hydrogen) atoms. The smallest absolute Gasteiger partial charge is 0.401 e. The van der Waals surface area contributed by atoms with Crippen LogP contribution in [0.15, 0.2) is 67.1 Å². The van der Waals surface area contributed by atoms with E-state index >= 15 is 0 Å². The van der Waals surface area contributed by atoms with E-state index in [0.29, 0.717) is 29.2 Å². The van der Waals surface area contributed by atoms with Crippen molar-refractivity contribution >= 4 is 22.9 Å². The van der Waals surface area contributed by atoms with E-state index in [1.165, 1.54) is 6.20 Å². The summed E-state index contributed by atoms with van der Waals surface area (Å²) in [4.78, 5) is 15.0. The van der Waals surface area contributed by atoms with Gasteiger partial charge in [-0.05, 0) is 25.1 Å². The van der Waals surface area contributed by atoms with E-state index in [1.54, 1.807) is 55.7 Å². The maximum Gasteiger partial charge on any atom is 0.401 e. The molecule has 1 aliphatic heterocycles. The Labute approximate surface area is 244 Å². The minimum Gasteiger partial charge on any atom is -0.494 e. The first-order valence-corrected chi connectivity index (χ1v) is 13.5. The van der Waals surface area contributed by atoms with Crippen LogP contribution in [-0.4, -0.2) is 53.1 Å². The average molecular weight is 598 g/mol. The van der Waals surface area contributed by atoms with Gasteiger partial charge in [0.05, 0.1) is 13.2 Å². The van der Waals surface area contributed by atoms with Crippen molar-refractivity contribution in [2.45, 2.75) is 25.6 Å². The summed E-state index contributed by atoms with van der Waals surface area (Å²) in [6.07, 6.45) is 0.403. The van der Waals surface area contributed by atoms with Gasteiger partial charge in [-0.15, -0.1) is 0 Å². The minimum absolute atomic E-state index is 0.0492. The first-order chi connectivity index (χ1) is 20.6. The lowest BCUT2D eigenvalue weighted by molar-refractivity contribution is -0.124. The van der Waals surface area contributed by atoms with E-state index in [4.69, 9.17) is 10.1 Å². The van der Waals surface area contributed by atoms with Crippen molar-refractivity contribution in [1.82, 2.24) is 20.3 Å². The molecule has 224 valence electrons. The molecule has 0 spiro atoms. The summed E-state index contributed by atoms with van der Waals surface area (Å²) in [7, 11) is 0. The molecule has 2 aromatic carbocycles. The topological polar surface area (TPSA) is 99.0 Å². The van der Waals surface area contributed by atoms with Crippen molar-refractivity contribution in [2.24, 2.45) is 0 Å². The van der Waals surface area contributed by atoms with Crippen LogP contribution in [0.25, 0.3) is 0 Å². The molecule has 8 nitrogen and oxygen atoms in total. The monoisotopic (exact) mass is 597 g/mol. The summed E-state index contributed by atoms with van der Waals surface area (Å²) in [5.74, 6) is -1.21. The maximum absolute atomic E-state index is 14.6. The van der Waals surface area contributed by atoms with Gasteiger partial charge in [-0.3, -0.25) is 10.4 Å². The molecule has 13 heteroatoms. The fourth-order valence-corrected chi connectivity index (χ4v) is 4.88. The number of fused-ring (bicyclic) bond motifs is 1. The molecule has 0 aliphatic carbocycles. The SMILES string of the molecule is CCOc1cc(F)c(CNc2ccccc2C(=N)c2ncc3c(n2)N(c2ccncc2)C[C@H]3CNCC(F)(F)F)c(F)c1. The van der Waals surface area contributed by atoms with Crippen LogP contribution in [0.3, 0.4) is 0 Å².